The first-order chi connectivity index (χ1) is 13.9. The number of benzene rings is 2. The summed E-state index contributed by atoms with van der Waals surface area (Å²) in [4.78, 5) is 28.6. The molecule has 1 fully saturated rings. The van der Waals surface area contributed by atoms with Crippen LogP contribution in [0.1, 0.15) is 28.9 Å². The van der Waals surface area contributed by atoms with Crippen LogP contribution in [0, 0.1) is 11.6 Å². The van der Waals surface area contributed by atoms with E-state index in [-0.39, 0.29) is 18.1 Å². The van der Waals surface area contributed by atoms with Gasteiger partial charge in [0.25, 0.3) is 5.91 Å². The molecule has 3 rings (SSSR count). The van der Waals surface area contributed by atoms with Gasteiger partial charge in [0.1, 0.15) is 17.7 Å². The minimum Gasteiger partial charge on any atom is -0.465 e. The molecular formula is C21H21ClF2N2O3. The lowest BCUT2D eigenvalue weighted by atomic mass is 10.0. The predicted molar refractivity (Wildman–Crippen MR) is 105 cm³/mol. The zero-order valence-electron chi connectivity index (χ0n) is 15.9. The van der Waals surface area contributed by atoms with Crippen LogP contribution in [0.2, 0.25) is 5.02 Å². The lowest BCUT2D eigenvalue weighted by molar-refractivity contribution is -0.150. The highest BCUT2D eigenvalue weighted by Gasteiger charge is 2.33. The van der Waals surface area contributed by atoms with Crippen LogP contribution in [0.25, 0.3) is 0 Å². The Morgan fingerprint density at radius 2 is 1.72 bits per heavy atom. The van der Waals surface area contributed by atoms with Gasteiger partial charge in [-0.05, 0) is 36.8 Å². The van der Waals surface area contributed by atoms with Crippen molar-refractivity contribution in [2.45, 2.75) is 13.0 Å². The van der Waals surface area contributed by atoms with Gasteiger partial charge in [-0.2, -0.15) is 0 Å². The first-order valence-electron chi connectivity index (χ1n) is 9.31. The molecular weight excluding hydrogens is 402 g/mol. The molecule has 8 heteroatoms. The number of carbonyl (C=O) groups is 2. The van der Waals surface area contributed by atoms with Crippen LogP contribution < -0.4 is 0 Å². The van der Waals surface area contributed by atoms with E-state index in [1.165, 1.54) is 4.90 Å². The monoisotopic (exact) mass is 422 g/mol. The van der Waals surface area contributed by atoms with Gasteiger partial charge in [-0.3, -0.25) is 9.69 Å². The molecule has 0 spiro atoms. The maximum atomic E-state index is 13.9. The third kappa shape index (κ3) is 4.92. The molecule has 2 aromatic rings. The van der Waals surface area contributed by atoms with Crippen LogP contribution in [0.4, 0.5) is 8.78 Å². The van der Waals surface area contributed by atoms with Crippen molar-refractivity contribution < 1.29 is 23.1 Å². The Balaban J connectivity index is 1.73. The smallest absolute Gasteiger partial charge is 0.328 e. The number of nitrogens with zero attached hydrogens (tertiary/aromatic N) is 2. The van der Waals surface area contributed by atoms with Crippen molar-refractivity contribution in [2.75, 3.05) is 32.8 Å². The van der Waals surface area contributed by atoms with Gasteiger partial charge in [0, 0.05) is 37.3 Å². The van der Waals surface area contributed by atoms with Crippen molar-refractivity contribution in [1.29, 1.82) is 0 Å². The first kappa shape index (κ1) is 21.2. The van der Waals surface area contributed by atoms with Crippen molar-refractivity contribution in [3.05, 3.63) is 70.2 Å². The van der Waals surface area contributed by atoms with Crippen LogP contribution in [-0.4, -0.2) is 54.5 Å². The Morgan fingerprint density at radius 1 is 1.07 bits per heavy atom. The van der Waals surface area contributed by atoms with E-state index in [0.29, 0.717) is 37.3 Å². The molecule has 2 aromatic carbocycles. The molecule has 1 amide bonds. The van der Waals surface area contributed by atoms with Crippen molar-refractivity contribution in [2.24, 2.45) is 0 Å². The average molecular weight is 423 g/mol. The first-order valence-corrected chi connectivity index (χ1v) is 9.69. The molecule has 0 aliphatic carbocycles. The molecule has 0 bridgehead atoms. The van der Waals surface area contributed by atoms with E-state index in [1.54, 1.807) is 31.2 Å². The van der Waals surface area contributed by atoms with E-state index in [2.05, 4.69) is 0 Å². The standard InChI is InChI=1S/C21H21ClF2N2O3/c1-2-29-21(28)19(14-3-5-15(22)6-4-14)25-9-11-26(12-10-25)20(27)17-8-7-16(23)13-18(17)24/h3-8,13,19H,2,9-12H2,1H3. The molecule has 29 heavy (non-hydrogen) atoms. The van der Waals surface area contributed by atoms with Gasteiger partial charge in [-0.15, -0.1) is 0 Å². The molecule has 5 nitrogen and oxygen atoms in total. The predicted octanol–water partition coefficient (Wildman–Crippen LogP) is 3.68. The molecule has 1 aliphatic heterocycles. The summed E-state index contributed by atoms with van der Waals surface area (Å²) in [6, 6.07) is 9.25. The van der Waals surface area contributed by atoms with Crippen LogP contribution in [0.3, 0.4) is 0 Å². The second kappa shape index (κ2) is 9.33. The number of hydrogen-bond acceptors (Lipinski definition) is 4. The summed E-state index contributed by atoms with van der Waals surface area (Å²) in [7, 11) is 0. The molecule has 1 heterocycles. The minimum atomic E-state index is -0.886. The molecule has 1 saturated heterocycles. The summed E-state index contributed by atoms with van der Waals surface area (Å²) in [5.41, 5.74) is 0.580. The lowest BCUT2D eigenvalue weighted by Gasteiger charge is -2.38. The number of amides is 1. The maximum Gasteiger partial charge on any atom is 0.328 e. The van der Waals surface area contributed by atoms with Gasteiger partial charge in [-0.1, -0.05) is 23.7 Å². The Hall–Kier alpha value is -2.51. The van der Waals surface area contributed by atoms with E-state index in [9.17, 15) is 18.4 Å². The summed E-state index contributed by atoms with van der Waals surface area (Å²) in [5, 5.41) is 0.563. The normalized spacial score (nSPS) is 15.8. The summed E-state index contributed by atoms with van der Waals surface area (Å²) >= 11 is 5.95. The lowest BCUT2D eigenvalue weighted by Crippen LogP contribution is -2.51. The van der Waals surface area contributed by atoms with E-state index < -0.39 is 23.6 Å². The van der Waals surface area contributed by atoms with Crippen molar-refractivity contribution in [3.63, 3.8) is 0 Å². The average Bonchev–Trinajstić information content (AvgIpc) is 2.70. The zero-order valence-corrected chi connectivity index (χ0v) is 16.7. The molecule has 0 radical (unpaired) electrons. The van der Waals surface area contributed by atoms with Gasteiger partial charge in [0.15, 0.2) is 0 Å². The Bertz CT molecular complexity index is 884. The molecule has 1 atom stereocenters. The highest BCUT2D eigenvalue weighted by Crippen LogP contribution is 2.26. The topological polar surface area (TPSA) is 49.9 Å². The number of rotatable bonds is 5. The number of carbonyl (C=O) groups excluding carboxylic acids is 2. The van der Waals surface area contributed by atoms with Crippen LogP contribution >= 0.6 is 11.6 Å². The van der Waals surface area contributed by atoms with Crippen molar-refractivity contribution in [3.8, 4) is 0 Å². The van der Waals surface area contributed by atoms with Crippen molar-refractivity contribution in [1.82, 2.24) is 9.80 Å². The highest BCUT2D eigenvalue weighted by atomic mass is 35.5. The quantitative estimate of drug-likeness (QED) is 0.690. The van der Waals surface area contributed by atoms with Gasteiger partial charge in [0.2, 0.25) is 0 Å². The number of piperazine rings is 1. The van der Waals surface area contributed by atoms with E-state index >= 15 is 0 Å². The fourth-order valence-corrected chi connectivity index (χ4v) is 3.50. The summed E-state index contributed by atoms with van der Waals surface area (Å²) in [6.07, 6.45) is 0. The van der Waals surface area contributed by atoms with Gasteiger partial charge < -0.3 is 9.64 Å². The SMILES string of the molecule is CCOC(=O)C(c1ccc(Cl)cc1)N1CCN(C(=O)c2ccc(F)cc2F)CC1. The zero-order chi connectivity index (χ0) is 21.0. The molecule has 1 unspecified atom stereocenters. The number of hydrogen-bond donors (Lipinski definition) is 0. The largest absolute Gasteiger partial charge is 0.465 e. The van der Waals surface area contributed by atoms with Crippen LogP contribution in [-0.2, 0) is 9.53 Å². The molecule has 0 saturated carbocycles. The number of esters is 1. The van der Waals surface area contributed by atoms with Crippen molar-refractivity contribution >= 4 is 23.5 Å². The van der Waals surface area contributed by atoms with Gasteiger partial charge in [-0.25, -0.2) is 13.6 Å². The second-order valence-corrected chi connectivity index (χ2v) is 7.09. The third-order valence-corrected chi connectivity index (χ3v) is 5.08. The summed E-state index contributed by atoms with van der Waals surface area (Å²) in [6.45, 7) is 3.41. The van der Waals surface area contributed by atoms with E-state index in [0.717, 1.165) is 17.7 Å². The summed E-state index contributed by atoms with van der Waals surface area (Å²) in [5.74, 6) is -2.49. The fourth-order valence-electron chi connectivity index (χ4n) is 3.38. The van der Waals surface area contributed by atoms with Gasteiger partial charge in [0.05, 0.1) is 12.2 Å². The highest BCUT2D eigenvalue weighted by molar-refractivity contribution is 6.30. The second-order valence-electron chi connectivity index (χ2n) is 6.66. The maximum absolute atomic E-state index is 13.9. The summed E-state index contributed by atoms with van der Waals surface area (Å²) < 4.78 is 32.3. The fraction of sp³-hybridized carbons (Fsp3) is 0.333. The van der Waals surface area contributed by atoms with Crippen LogP contribution in [0.15, 0.2) is 42.5 Å². The van der Waals surface area contributed by atoms with E-state index in [4.69, 9.17) is 16.3 Å². The van der Waals surface area contributed by atoms with Gasteiger partial charge >= 0.3 is 5.97 Å². The molecule has 1 aliphatic rings. The number of halogens is 3. The van der Waals surface area contributed by atoms with Crippen LogP contribution in [0.5, 0.6) is 0 Å². The Kier molecular flexibility index (Phi) is 6.82. The minimum absolute atomic E-state index is 0.167. The molecule has 154 valence electrons. The Labute approximate surface area is 172 Å². The molecule has 0 aromatic heterocycles. The molecule has 0 N–H and O–H groups in total. The third-order valence-electron chi connectivity index (χ3n) is 4.82. The Morgan fingerprint density at radius 3 is 2.31 bits per heavy atom. The number of ether oxygens (including phenoxy) is 1. The van der Waals surface area contributed by atoms with E-state index in [1.807, 2.05) is 4.90 Å².